The van der Waals surface area contributed by atoms with E-state index in [1.807, 2.05) is 18.2 Å². The fourth-order valence-electron chi connectivity index (χ4n) is 2.27. The minimum absolute atomic E-state index is 0.0298. The highest BCUT2D eigenvalue weighted by Crippen LogP contribution is 2.29. The molecule has 0 aliphatic heterocycles. The molecule has 0 aliphatic rings. The van der Waals surface area contributed by atoms with Gasteiger partial charge in [-0.3, -0.25) is 14.3 Å². The lowest BCUT2D eigenvalue weighted by Crippen LogP contribution is -2.28. The van der Waals surface area contributed by atoms with Gasteiger partial charge in [0.15, 0.2) is 0 Å². The molecule has 0 atom stereocenters. The summed E-state index contributed by atoms with van der Waals surface area (Å²) < 4.78 is 1.57. The van der Waals surface area contributed by atoms with Crippen LogP contribution in [0, 0.1) is 0 Å². The number of halogens is 1. The predicted octanol–water partition coefficient (Wildman–Crippen LogP) is 2.68. The van der Waals surface area contributed by atoms with Gasteiger partial charge in [0.2, 0.25) is 0 Å². The van der Waals surface area contributed by atoms with Gasteiger partial charge in [0.25, 0.3) is 5.91 Å². The number of aromatic nitrogens is 2. The van der Waals surface area contributed by atoms with E-state index in [9.17, 15) is 9.59 Å². The Morgan fingerprint density at radius 3 is 2.70 bits per heavy atom. The molecule has 6 nitrogen and oxygen atoms in total. The normalized spacial score (nSPS) is 10.6. The Labute approximate surface area is 139 Å². The molecule has 1 aromatic heterocycles. The number of carboxylic acids is 1. The molecule has 0 spiro atoms. The summed E-state index contributed by atoms with van der Waals surface area (Å²) in [5.74, 6) is -1.08. The Morgan fingerprint density at radius 2 is 2.04 bits per heavy atom. The van der Waals surface area contributed by atoms with Gasteiger partial charge in [0.1, 0.15) is 5.69 Å². The van der Waals surface area contributed by atoms with Gasteiger partial charge in [-0.15, -0.1) is 0 Å². The first-order valence-corrected chi connectivity index (χ1v) is 7.53. The van der Waals surface area contributed by atoms with Crippen molar-refractivity contribution in [1.82, 2.24) is 14.7 Å². The summed E-state index contributed by atoms with van der Waals surface area (Å²) in [4.78, 5) is 24.7. The second-order valence-electron chi connectivity index (χ2n) is 5.27. The molecule has 1 heterocycles. The van der Waals surface area contributed by atoms with Crippen LogP contribution in [0.4, 0.5) is 0 Å². The summed E-state index contributed by atoms with van der Waals surface area (Å²) in [7, 11) is 3.38. The molecule has 122 valence electrons. The maximum atomic E-state index is 12.6. The van der Waals surface area contributed by atoms with Crippen molar-refractivity contribution in [1.29, 1.82) is 0 Å². The molecule has 2 rings (SSSR count). The lowest BCUT2D eigenvalue weighted by Gasteiger charge is -2.16. The number of rotatable bonds is 6. The number of aliphatic carboxylic acids is 1. The molecule has 1 aromatic carbocycles. The average Bonchev–Trinajstić information content (AvgIpc) is 2.88. The lowest BCUT2D eigenvalue weighted by molar-refractivity contribution is -0.137. The maximum absolute atomic E-state index is 12.6. The van der Waals surface area contributed by atoms with Crippen LogP contribution in [0.15, 0.2) is 30.5 Å². The minimum atomic E-state index is -0.871. The van der Waals surface area contributed by atoms with Crippen molar-refractivity contribution in [3.63, 3.8) is 0 Å². The van der Waals surface area contributed by atoms with Crippen LogP contribution in [-0.2, 0) is 11.8 Å². The molecular weight excluding hydrogens is 318 g/mol. The Hall–Kier alpha value is -2.34. The topological polar surface area (TPSA) is 75.4 Å². The molecule has 0 saturated heterocycles. The van der Waals surface area contributed by atoms with E-state index in [0.29, 0.717) is 34.8 Å². The summed E-state index contributed by atoms with van der Waals surface area (Å²) >= 11 is 6.20. The zero-order valence-corrected chi connectivity index (χ0v) is 13.7. The van der Waals surface area contributed by atoms with Crippen molar-refractivity contribution in [2.24, 2.45) is 7.05 Å². The molecule has 1 N–H and O–H groups in total. The van der Waals surface area contributed by atoms with E-state index in [0.717, 1.165) is 0 Å². The predicted molar refractivity (Wildman–Crippen MR) is 87.5 cm³/mol. The van der Waals surface area contributed by atoms with E-state index in [1.54, 1.807) is 31.0 Å². The van der Waals surface area contributed by atoms with Crippen LogP contribution < -0.4 is 0 Å². The van der Waals surface area contributed by atoms with Gasteiger partial charge in [-0.25, -0.2) is 0 Å². The first-order chi connectivity index (χ1) is 10.9. The van der Waals surface area contributed by atoms with E-state index in [2.05, 4.69) is 5.10 Å². The third-order valence-corrected chi connectivity index (χ3v) is 3.75. The molecule has 7 heteroatoms. The monoisotopic (exact) mass is 335 g/mol. The third kappa shape index (κ3) is 4.10. The Kier molecular flexibility index (Phi) is 5.39. The SMILES string of the molecule is CN(CCCC(=O)O)C(=O)c1cn(C)nc1-c1ccccc1Cl. The number of carbonyl (C=O) groups excluding carboxylic acids is 1. The Balaban J connectivity index is 2.24. The van der Waals surface area contributed by atoms with Crippen molar-refractivity contribution < 1.29 is 14.7 Å². The maximum Gasteiger partial charge on any atom is 0.303 e. The first kappa shape index (κ1) is 17.0. The van der Waals surface area contributed by atoms with Gasteiger partial charge in [0.05, 0.1) is 10.6 Å². The zero-order chi connectivity index (χ0) is 17.0. The fraction of sp³-hybridized carbons (Fsp3) is 0.312. The number of hydrogen-bond donors (Lipinski definition) is 1. The van der Waals surface area contributed by atoms with E-state index >= 15 is 0 Å². The van der Waals surface area contributed by atoms with Crippen LogP contribution >= 0.6 is 11.6 Å². The van der Waals surface area contributed by atoms with Crippen LogP contribution in [0.3, 0.4) is 0 Å². The Bertz CT molecular complexity index is 727. The van der Waals surface area contributed by atoms with Crippen molar-refractivity contribution >= 4 is 23.5 Å². The minimum Gasteiger partial charge on any atom is -0.481 e. The molecule has 2 aromatic rings. The van der Waals surface area contributed by atoms with Gasteiger partial charge in [-0.2, -0.15) is 5.10 Å². The van der Waals surface area contributed by atoms with E-state index < -0.39 is 5.97 Å². The van der Waals surface area contributed by atoms with E-state index in [1.165, 1.54) is 4.90 Å². The highest BCUT2D eigenvalue weighted by Gasteiger charge is 2.21. The van der Waals surface area contributed by atoms with Gasteiger partial charge >= 0.3 is 5.97 Å². The van der Waals surface area contributed by atoms with E-state index in [-0.39, 0.29) is 12.3 Å². The molecular formula is C16H18ClN3O3. The number of carboxylic acid groups (broad SMARTS) is 1. The number of benzene rings is 1. The third-order valence-electron chi connectivity index (χ3n) is 3.42. The van der Waals surface area contributed by atoms with Gasteiger partial charge in [0, 0.05) is 38.8 Å². The lowest BCUT2D eigenvalue weighted by atomic mass is 10.1. The van der Waals surface area contributed by atoms with Crippen molar-refractivity contribution in [3.05, 3.63) is 41.0 Å². The van der Waals surface area contributed by atoms with Crippen LogP contribution in [0.5, 0.6) is 0 Å². The highest BCUT2D eigenvalue weighted by atomic mass is 35.5. The molecule has 0 bridgehead atoms. The number of amides is 1. The smallest absolute Gasteiger partial charge is 0.303 e. The molecule has 0 aliphatic carbocycles. The fourth-order valence-corrected chi connectivity index (χ4v) is 2.50. The zero-order valence-electron chi connectivity index (χ0n) is 13.0. The van der Waals surface area contributed by atoms with Crippen LogP contribution in [0.2, 0.25) is 5.02 Å². The Morgan fingerprint density at radius 1 is 1.35 bits per heavy atom. The van der Waals surface area contributed by atoms with Gasteiger partial charge < -0.3 is 10.0 Å². The van der Waals surface area contributed by atoms with Gasteiger partial charge in [-0.1, -0.05) is 29.8 Å². The molecule has 0 radical (unpaired) electrons. The molecule has 0 saturated carbocycles. The standard InChI is InChI=1S/C16H18ClN3O3/c1-19(9-5-8-14(21)22)16(23)12-10-20(2)18-15(12)11-6-3-4-7-13(11)17/h3-4,6-7,10H,5,8-9H2,1-2H3,(H,21,22). The number of nitrogens with zero attached hydrogens (tertiary/aromatic N) is 3. The first-order valence-electron chi connectivity index (χ1n) is 7.16. The molecule has 0 unspecified atom stereocenters. The summed E-state index contributed by atoms with van der Waals surface area (Å²) in [5, 5.41) is 13.5. The quantitative estimate of drug-likeness (QED) is 0.880. The van der Waals surface area contributed by atoms with Crippen LogP contribution in [-0.4, -0.2) is 45.3 Å². The summed E-state index contributed by atoms with van der Waals surface area (Å²) in [5.41, 5.74) is 1.66. The van der Waals surface area contributed by atoms with Crippen molar-refractivity contribution in [3.8, 4) is 11.3 Å². The number of hydrogen-bond acceptors (Lipinski definition) is 3. The van der Waals surface area contributed by atoms with Crippen molar-refractivity contribution in [2.45, 2.75) is 12.8 Å². The summed E-state index contributed by atoms with van der Waals surface area (Å²) in [6.45, 7) is 0.363. The summed E-state index contributed by atoms with van der Waals surface area (Å²) in [6, 6.07) is 7.21. The van der Waals surface area contributed by atoms with Crippen molar-refractivity contribution in [2.75, 3.05) is 13.6 Å². The second kappa shape index (κ2) is 7.28. The largest absolute Gasteiger partial charge is 0.481 e. The van der Waals surface area contributed by atoms with Gasteiger partial charge in [-0.05, 0) is 12.5 Å². The summed E-state index contributed by atoms with van der Waals surface area (Å²) in [6.07, 6.45) is 2.08. The number of aryl methyl sites for hydroxylation is 1. The average molecular weight is 336 g/mol. The second-order valence-corrected chi connectivity index (χ2v) is 5.68. The molecule has 1 amide bonds. The van der Waals surface area contributed by atoms with Crippen LogP contribution in [0.1, 0.15) is 23.2 Å². The van der Waals surface area contributed by atoms with Crippen LogP contribution in [0.25, 0.3) is 11.3 Å². The molecule has 23 heavy (non-hydrogen) atoms. The van der Waals surface area contributed by atoms with E-state index in [4.69, 9.17) is 16.7 Å². The molecule has 0 fully saturated rings. The number of carbonyl (C=O) groups is 2. The highest BCUT2D eigenvalue weighted by molar-refractivity contribution is 6.33.